The molecule has 0 aliphatic heterocycles. The number of hydrogen-bond acceptors (Lipinski definition) is 3. The number of carbonyl (C=O) groups is 1. The summed E-state index contributed by atoms with van der Waals surface area (Å²) in [5.41, 5.74) is 3.40. The van der Waals surface area contributed by atoms with Gasteiger partial charge in [-0.3, -0.25) is 0 Å². The van der Waals surface area contributed by atoms with Crippen molar-refractivity contribution in [3.8, 4) is 0 Å². The minimum atomic E-state index is -1.02. The van der Waals surface area contributed by atoms with E-state index in [1.54, 1.807) is 11.8 Å². The van der Waals surface area contributed by atoms with E-state index in [4.69, 9.17) is 0 Å². The Morgan fingerprint density at radius 1 is 0.720 bits per heavy atom. The number of carboxylic acids is 1. The lowest BCUT2D eigenvalue weighted by Crippen LogP contribution is -2.28. The maximum absolute atomic E-state index is 11.0. The maximum Gasteiger partial charge on any atom is 0.0907 e. The van der Waals surface area contributed by atoms with Crippen molar-refractivity contribution in [2.45, 2.75) is 11.2 Å². The average Bonchev–Trinajstić information content (AvgIpc) is 2.67. The molecule has 0 aliphatic rings. The van der Waals surface area contributed by atoms with Crippen molar-refractivity contribution in [3.05, 3.63) is 108 Å². The zero-order chi connectivity index (χ0) is 17.5. The molecule has 0 N–H and O–H groups in total. The summed E-state index contributed by atoms with van der Waals surface area (Å²) in [5.74, 6) is -0.545. The van der Waals surface area contributed by atoms with Gasteiger partial charge in [-0.2, -0.15) is 0 Å². The van der Waals surface area contributed by atoms with Crippen LogP contribution in [0.15, 0.2) is 91.0 Å². The molecule has 0 atom stereocenters. The van der Waals surface area contributed by atoms with Crippen LogP contribution in [-0.4, -0.2) is 11.7 Å². The molecule has 0 bridgehead atoms. The van der Waals surface area contributed by atoms with Crippen LogP contribution in [0.3, 0.4) is 0 Å². The second kappa shape index (κ2) is 8.04. The van der Waals surface area contributed by atoms with Gasteiger partial charge in [0.05, 0.1) is 4.75 Å². The summed E-state index contributed by atoms with van der Waals surface area (Å²) in [6.07, 6.45) is 0.0267. The van der Waals surface area contributed by atoms with E-state index in [9.17, 15) is 9.90 Å². The average molecular weight is 347 g/mol. The van der Waals surface area contributed by atoms with Crippen LogP contribution in [0, 0.1) is 0 Å². The van der Waals surface area contributed by atoms with E-state index in [0.717, 1.165) is 16.7 Å². The summed E-state index contributed by atoms with van der Waals surface area (Å²) in [4.78, 5) is 11.0. The van der Waals surface area contributed by atoms with E-state index in [2.05, 4.69) is 36.4 Å². The van der Waals surface area contributed by atoms with Crippen molar-refractivity contribution >= 4 is 17.7 Å². The second-order valence-electron chi connectivity index (χ2n) is 5.75. The van der Waals surface area contributed by atoms with Crippen molar-refractivity contribution in [2.24, 2.45) is 0 Å². The molecule has 3 aromatic carbocycles. The molecular formula is C22H19O2S-. The fraction of sp³-hybridized carbons (Fsp3) is 0.136. The molecule has 0 fully saturated rings. The first-order chi connectivity index (χ1) is 12.2. The first-order valence-corrected chi connectivity index (χ1v) is 9.22. The predicted octanol–water partition coefficient (Wildman–Crippen LogP) is 3.85. The highest BCUT2D eigenvalue weighted by Gasteiger charge is 2.36. The van der Waals surface area contributed by atoms with Gasteiger partial charge in [0.15, 0.2) is 0 Å². The lowest BCUT2D eigenvalue weighted by Gasteiger charge is -2.35. The Kier molecular flexibility index (Phi) is 5.56. The van der Waals surface area contributed by atoms with Crippen LogP contribution in [0.4, 0.5) is 0 Å². The summed E-state index contributed by atoms with van der Waals surface area (Å²) < 4.78 is -0.459. The highest BCUT2D eigenvalue weighted by molar-refractivity contribution is 8.00. The zero-order valence-corrected chi connectivity index (χ0v) is 14.6. The Morgan fingerprint density at radius 3 is 1.40 bits per heavy atom. The van der Waals surface area contributed by atoms with E-state index in [-0.39, 0.29) is 6.42 Å². The lowest BCUT2D eigenvalue weighted by molar-refractivity contribution is -0.305. The number of aliphatic carboxylic acids is 1. The molecule has 25 heavy (non-hydrogen) atoms. The first kappa shape index (κ1) is 17.3. The van der Waals surface area contributed by atoms with Crippen LogP contribution in [-0.2, 0) is 9.54 Å². The van der Waals surface area contributed by atoms with Crippen LogP contribution in [0.1, 0.15) is 23.1 Å². The third-order valence-electron chi connectivity index (χ3n) is 4.17. The van der Waals surface area contributed by atoms with Crippen molar-refractivity contribution < 1.29 is 9.90 Å². The van der Waals surface area contributed by atoms with Crippen molar-refractivity contribution in [1.29, 1.82) is 0 Å². The van der Waals surface area contributed by atoms with Gasteiger partial charge < -0.3 is 9.90 Å². The SMILES string of the molecule is O=C([O-])CCSC(c1ccccc1)(c1ccccc1)c1ccccc1. The van der Waals surface area contributed by atoms with Gasteiger partial charge in [0.1, 0.15) is 0 Å². The number of hydrogen-bond donors (Lipinski definition) is 0. The molecule has 0 aromatic heterocycles. The first-order valence-electron chi connectivity index (χ1n) is 8.24. The van der Waals surface area contributed by atoms with Crippen LogP contribution in [0.2, 0.25) is 0 Å². The number of rotatable bonds is 7. The van der Waals surface area contributed by atoms with Gasteiger partial charge in [0.25, 0.3) is 0 Å². The van der Waals surface area contributed by atoms with Crippen LogP contribution in [0.25, 0.3) is 0 Å². The van der Waals surface area contributed by atoms with Gasteiger partial charge in [-0.05, 0) is 23.1 Å². The normalized spacial score (nSPS) is 11.2. The minimum absolute atomic E-state index is 0.0267. The molecule has 3 heteroatoms. The monoisotopic (exact) mass is 347 g/mol. The molecule has 0 aliphatic carbocycles. The summed E-state index contributed by atoms with van der Waals surface area (Å²) in [7, 11) is 0. The zero-order valence-electron chi connectivity index (χ0n) is 13.8. The van der Waals surface area contributed by atoms with Gasteiger partial charge in [0.2, 0.25) is 0 Å². The summed E-state index contributed by atoms with van der Waals surface area (Å²) in [6, 6.07) is 30.7. The minimum Gasteiger partial charge on any atom is -0.550 e. The highest BCUT2D eigenvalue weighted by Crippen LogP contribution is 2.48. The van der Waals surface area contributed by atoms with Gasteiger partial charge in [0, 0.05) is 11.7 Å². The van der Waals surface area contributed by atoms with E-state index in [1.165, 1.54) is 0 Å². The van der Waals surface area contributed by atoms with E-state index in [0.29, 0.717) is 5.75 Å². The predicted molar refractivity (Wildman–Crippen MR) is 101 cm³/mol. The lowest BCUT2D eigenvalue weighted by atomic mass is 9.84. The van der Waals surface area contributed by atoms with Crippen molar-refractivity contribution in [1.82, 2.24) is 0 Å². The van der Waals surface area contributed by atoms with Crippen molar-refractivity contribution in [2.75, 3.05) is 5.75 Å². The van der Waals surface area contributed by atoms with E-state index < -0.39 is 10.7 Å². The number of carboxylic acid groups (broad SMARTS) is 1. The van der Waals surface area contributed by atoms with Crippen LogP contribution < -0.4 is 5.11 Å². The van der Waals surface area contributed by atoms with Crippen LogP contribution in [0.5, 0.6) is 0 Å². The number of thioether (sulfide) groups is 1. The van der Waals surface area contributed by atoms with Crippen molar-refractivity contribution in [3.63, 3.8) is 0 Å². The number of carbonyl (C=O) groups excluding carboxylic acids is 1. The molecule has 0 saturated heterocycles. The molecule has 0 unspecified atom stereocenters. The molecule has 3 aromatic rings. The van der Waals surface area contributed by atoms with Gasteiger partial charge >= 0.3 is 0 Å². The second-order valence-corrected chi connectivity index (χ2v) is 7.06. The Labute approximate surface area is 152 Å². The Bertz CT molecular complexity index is 705. The molecule has 0 amide bonds. The Morgan fingerprint density at radius 2 is 1.08 bits per heavy atom. The van der Waals surface area contributed by atoms with E-state index in [1.807, 2.05) is 54.6 Å². The molecule has 126 valence electrons. The molecule has 0 saturated carbocycles. The largest absolute Gasteiger partial charge is 0.550 e. The van der Waals surface area contributed by atoms with Gasteiger partial charge in [-0.25, -0.2) is 0 Å². The summed E-state index contributed by atoms with van der Waals surface area (Å²) in [5, 5.41) is 11.0. The molecular weight excluding hydrogens is 328 g/mol. The van der Waals surface area contributed by atoms with Crippen LogP contribution >= 0.6 is 11.8 Å². The van der Waals surface area contributed by atoms with Gasteiger partial charge in [-0.1, -0.05) is 91.0 Å². The molecule has 2 nitrogen and oxygen atoms in total. The highest BCUT2D eigenvalue weighted by atomic mass is 32.2. The Hall–Kier alpha value is -2.52. The Balaban J connectivity index is 2.18. The maximum atomic E-state index is 11.0. The fourth-order valence-corrected chi connectivity index (χ4v) is 4.54. The van der Waals surface area contributed by atoms with Gasteiger partial charge in [-0.15, -0.1) is 11.8 Å². The summed E-state index contributed by atoms with van der Waals surface area (Å²) >= 11 is 1.64. The standard InChI is InChI=1S/C22H20O2S/c23-21(24)16-17-25-22(18-10-4-1-5-11-18,19-12-6-2-7-13-19)20-14-8-3-9-15-20/h1-15H,16-17H2,(H,23,24)/p-1. The molecule has 0 heterocycles. The summed E-state index contributed by atoms with van der Waals surface area (Å²) in [6.45, 7) is 0. The molecule has 3 rings (SSSR count). The molecule has 0 radical (unpaired) electrons. The topological polar surface area (TPSA) is 40.1 Å². The third-order valence-corrected chi connectivity index (χ3v) is 5.71. The quantitative estimate of drug-likeness (QED) is 0.610. The third kappa shape index (κ3) is 3.77. The fourth-order valence-electron chi connectivity index (χ4n) is 3.06. The number of benzene rings is 3. The molecule has 0 spiro atoms. The smallest absolute Gasteiger partial charge is 0.0907 e. The van der Waals surface area contributed by atoms with E-state index >= 15 is 0 Å².